The van der Waals surface area contributed by atoms with Crippen molar-refractivity contribution in [2.75, 3.05) is 13.7 Å². The molecule has 2 N–H and O–H groups in total. The van der Waals surface area contributed by atoms with E-state index in [1.54, 1.807) is 30.3 Å². The number of halogens is 2. The topological polar surface area (TPSA) is 103 Å². The molecule has 0 saturated carbocycles. The highest BCUT2D eigenvalue weighted by Gasteiger charge is 2.47. The van der Waals surface area contributed by atoms with E-state index < -0.39 is 29.8 Å². The first-order chi connectivity index (χ1) is 14.5. The fourth-order valence-electron chi connectivity index (χ4n) is 3.27. The minimum Gasteiger partial charge on any atom is -0.394 e. The molecule has 2 aromatic heterocycles. The highest BCUT2D eigenvalue weighted by molar-refractivity contribution is 9.10. The molecule has 1 aliphatic heterocycles. The SMILES string of the molecule is CO[C@@H]1[C@@H](n2cc(-c3nccs3)nn2)[C@@H](O)[C@@H](CO)O[C@@H]1Sc1cc(Br)ccc1Cl. The Balaban J connectivity index is 1.66. The number of thiazole rings is 1. The number of ether oxygens (including phenoxy) is 2. The van der Waals surface area contributed by atoms with Crippen LogP contribution in [0.25, 0.3) is 10.7 Å². The molecule has 0 spiro atoms. The third-order valence-electron chi connectivity index (χ3n) is 4.70. The second-order valence-electron chi connectivity index (χ2n) is 6.52. The molecular formula is C18H18BrClN4O4S2. The normalized spacial score (nSPS) is 26.8. The van der Waals surface area contributed by atoms with Gasteiger partial charge in [-0.25, -0.2) is 9.67 Å². The molecule has 3 heterocycles. The van der Waals surface area contributed by atoms with Gasteiger partial charge in [0.2, 0.25) is 0 Å². The van der Waals surface area contributed by atoms with Crippen molar-refractivity contribution in [3.05, 3.63) is 45.5 Å². The Bertz CT molecular complexity index is 992. The molecule has 0 radical (unpaired) electrons. The number of thioether (sulfide) groups is 1. The molecule has 5 atom stereocenters. The van der Waals surface area contributed by atoms with E-state index >= 15 is 0 Å². The van der Waals surface area contributed by atoms with E-state index in [4.69, 9.17) is 21.1 Å². The predicted octanol–water partition coefficient (Wildman–Crippen LogP) is 3.24. The molecule has 30 heavy (non-hydrogen) atoms. The summed E-state index contributed by atoms with van der Waals surface area (Å²) in [6, 6.07) is 4.88. The predicted molar refractivity (Wildman–Crippen MR) is 118 cm³/mol. The maximum Gasteiger partial charge on any atom is 0.145 e. The first kappa shape index (κ1) is 22.2. The molecular weight excluding hydrogens is 516 g/mol. The molecule has 0 unspecified atom stereocenters. The summed E-state index contributed by atoms with van der Waals surface area (Å²) in [5, 5.41) is 32.2. The number of aromatic nitrogens is 4. The lowest BCUT2D eigenvalue weighted by Crippen LogP contribution is -2.55. The zero-order valence-electron chi connectivity index (χ0n) is 15.6. The Morgan fingerprint density at radius 1 is 1.43 bits per heavy atom. The number of aliphatic hydroxyl groups excluding tert-OH is 2. The number of rotatable bonds is 6. The van der Waals surface area contributed by atoms with Crippen LogP contribution in [0, 0.1) is 0 Å². The number of hydrogen-bond acceptors (Lipinski definition) is 9. The maximum atomic E-state index is 10.9. The molecule has 0 aliphatic carbocycles. The molecule has 1 fully saturated rings. The van der Waals surface area contributed by atoms with Gasteiger partial charge in [-0.05, 0) is 18.2 Å². The van der Waals surface area contributed by atoms with Gasteiger partial charge in [0.15, 0.2) is 0 Å². The Morgan fingerprint density at radius 2 is 2.27 bits per heavy atom. The zero-order valence-corrected chi connectivity index (χ0v) is 19.6. The van der Waals surface area contributed by atoms with Crippen LogP contribution in [0.1, 0.15) is 6.04 Å². The lowest BCUT2D eigenvalue weighted by Gasteiger charge is -2.43. The third kappa shape index (κ3) is 4.44. The smallest absolute Gasteiger partial charge is 0.145 e. The van der Waals surface area contributed by atoms with E-state index in [1.165, 1.54) is 23.1 Å². The number of hydrogen-bond donors (Lipinski definition) is 2. The molecule has 8 nitrogen and oxygen atoms in total. The van der Waals surface area contributed by atoms with Crippen molar-refractivity contribution in [3.8, 4) is 10.7 Å². The summed E-state index contributed by atoms with van der Waals surface area (Å²) in [4.78, 5) is 5.03. The van der Waals surface area contributed by atoms with E-state index in [2.05, 4.69) is 31.2 Å². The number of aliphatic hydroxyl groups is 2. The molecule has 0 bridgehead atoms. The van der Waals surface area contributed by atoms with Crippen LogP contribution >= 0.6 is 50.6 Å². The van der Waals surface area contributed by atoms with Crippen molar-refractivity contribution < 1.29 is 19.7 Å². The van der Waals surface area contributed by atoms with Crippen molar-refractivity contribution in [3.63, 3.8) is 0 Å². The Labute approximate surface area is 194 Å². The van der Waals surface area contributed by atoms with Crippen LogP contribution in [-0.4, -0.2) is 67.7 Å². The van der Waals surface area contributed by atoms with Crippen LogP contribution in [0.4, 0.5) is 0 Å². The summed E-state index contributed by atoms with van der Waals surface area (Å²) in [5.74, 6) is 0. The first-order valence-corrected chi connectivity index (χ1v) is 11.9. The highest BCUT2D eigenvalue weighted by atomic mass is 79.9. The molecule has 12 heteroatoms. The van der Waals surface area contributed by atoms with Gasteiger partial charge in [-0.3, -0.25) is 0 Å². The van der Waals surface area contributed by atoms with E-state index in [0.717, 1.165) is 14.4 Å². The van der Waals surface area contributed by atoms with E-state index in [9.17, 15) is 10.2 Å². The molecule has 0 amide bonds. The molecule has 1 saturated heterocycles. The third-order valence-corrected chi connectivity index (χ3v) is 7.63. The van der Waals surface area contributed by atoms with Gasteiger partial charge in [0.25, 0.3) is 0 Å². The average molecular weight is 534 g/mol. The maximum absolute atomic E-state index is 10.9. The largest absolute Gasteiger partial charge is 0.394 e. The van der Waals surface area contributed by atoms with Crippen LogP contribution in [0.15, 0.2) is 45.3 Å². The summed E-state index contributed by atoms with van der Waals surface area (Å²) in [7, 11) is 1.54. The van der Waals surface area contributed by atoms with Crippen LogP contribution < -0.4 is 0 Å². The zero-order chi connectivity index (χ0) is 21.3. The van der Waals surface area contributed by atoms with Crippen molar-refractivity contribution in [1.82, 2.24) is 20.0 Å². The first-order valence-electron chi connectivity index (χ1n) is 8.92. The lowest BCUT2D eigenvalue weighted by molar-refractivity contribution is -0.186. The second kappa shape index (κ2) is 9.61. The van der Waals surface area contributed by atoms with Crippen molar-refractivity contribution in [2.24, 2.45) is 0 Å². The summed E-state index contributed by atoms with van der Waals surface area (Å²) in [6.07, 6.45) is 0.939. The fourth-order valence-corrected chi connectivity index (χ4v) is 5.85. The van der Waals surface area contributed by atoms with Gasteiger partial charge in [0.1, 0.15) is 40.5 Å². The minimum atomic E-state index is -1.05. The number of benzene rings is 1. The molecule has 1 aromatic carbocycles. The standard InChI is InChI=1S/C18H18BrClN4O4S2/c1-27-16-14(24-7-11(22-23-24)17-21-4-5-29-17)15(26)12(8-25)28-18(16)30-13-6-9(19)2-3-10(13)20/h2-7,12,14-16,18,25-26H,8H2,1H3/t12-,14+,15+,16-,18-/m1/s1. The molecule has 4 rings (SSSR count). The van der Waals surface area contributed by atoms with Gasteiger partial charge in [-0.15, -0.1) is 16.4 Å². The van der Waals surface area contributed by atoms with Gasteiger partial charge in [0.05, 0.1) is 17.8 Å². The Kier molecular flexibility index (Phi) is 7.10. The van der Waals surface area contributed by atoms with Crippen molar-refractivity contribution in [2.45, 2.75) is 34.7 Å². The number of nitrogens with zero attached hydrogens (tertiary/aromatic N) is 4. The van der Waals surface area contributed by atoms with E-state index in [1.807, 2.05) is 17.5 Å². The fraction of sp³-hybridized carbons (Fsp3) is 0.389. The summed E-state index contributed by atoms with van der Waals surface area (Å²) in [6.45, 7) is -0.356. The van der Waals surface area contributed by atoms with Gasteiger partial charge in [0, 0.05) is 28.1 Å². The van der Waals surface area contributed by atoms with Crippen molar-refractivity contribution >= 4 is 50.6 Å². The van der Waals surface area contributed by atoms with Crippen LogP contribution in [0.2, 0.25) is 5.02 Å². The van der Waals surface area contributed by atoms with Crippen LogP contribution in [-0.2, 0) is 9.47 Å². The number of methoxy groups -OCH3 is 1. The minimum absolute atomic E-state index is 0.356. The summed E-state index contributed by atoms with van der Waals surface area (Å²) < 4.78 is 14.1. The summed E-state index contributed by atoms with van der Waals surface area (Å²) >= 11 is 12.6. The van der Waals surface area contributed by atoms with Gasteiger partial charge in [-0.2, -0.15) is 0 Å². The Morgan fingerprint density at radius 3 is 2.97 bits per heavy atom. The highest BCUT2D eigenvalue weighted by Crippen LogP contribution is 2.42. The van der Waals surface area contributed by atoms with Gasteiger partial charge < -0.3 is 19.7 Å². The van der Waals surface area contributed by atoms with Gasteiger partial charge >= 0.3 is 0 Å². The Hall–Kier alpha value is -1.05. The molecule has 160 valence electrons. The summed E-state index contributed by atoms with van der Waals surface area (Å²) in [5.41, 5.74) is 0.0400. The quantitative estimate of drug-likeness (QED) is 0.498. The average Bonchev–Trinajstić information content (AvgIpc) is 3.43. The van der Waals surface area contributed by atoms with Crippen LogP contribution in [0.3, 0.4) is 0 Å². The van der Waals surface area contributed by atoms with Gasteiger partial charge in [-0.1, -0.05) is 44.5 Å². The molecule has 3 aromatic rings. The lowest BCUT2D eigenvalue weighted by atomic mass is 9.97. The monoisotopic (exact) mass is 532 g/mol. The molecule has 1 aliphatic rings. The second-order valence-corrected chi connectivity index (χ2v) is 9.88. The van der Waals surface area contributed by atoms with Crippen LogP contribution in [0.5, 0.6) is 0 Å². The van der Waals surface area contributed by atoms with E-state index in [0.29, 0.717) is 10.7 Å². The van der Waals surface area contributed by atoms with Crippen molar-refractivity contribution in [1.29, 1.82) is 0 Å². The van der Waals surface area contributed by atoms with E-state index in [-0.39, 0.29) is 6.61 Å².